The van der Waals surface area contributed by atoms with Gasteiger partial charge in [-0.25, -0.2) is 0 Å². The molecular formula is C48H30N2O4S2. The van der Waals surface area contributed by atoms with Gasteiger partial charge in [0.25, 0.3) is 23.6 Å². The monoisotopic (exact) mass is 762 g/mol. The molecule has 0 saturated carbocycles. The lowest BCUT2D eigenvalue weighted by Gasteiger charge is -2.35. The minimum Gasteiger partial charge on any atom is -0.269 e. The van der Waals surface area contributed by atoms with E-state index in [1.54, 1.807) is 22.7 Å². The molecule has 2 aliphatic heterocycles. The van der Waals surface area contributed by atoms with E-state index >= 15 is 0 Å². The van der Waals surface area contributed by atoms with Gasteiger partial charge in [-0.15, -0.1) is 0 Å². The molecule has 0 fully saturated rings. The number of amides is 4. The topological polar surface area (TPSA) is 74.8 Å². The second-order valence-electron chi connectivity index (χ2n) is 14.7. The predicted molar refractivity (Wildman–Crippen MR) is 225 cm³/mol. The van der Waals surface area contributed by atoms with Crippen molar-refractivity contribution in [2.24, 2.45) is 0 Å². The highest BCUT2D eigenvalue weighted by Crippen LogP contribution is 2.52. The predicted octanol–water partition coefficient (Wildman–Crippen LogP) is 11.9. The number of fused-ring (bicyclic) bond motifs is 2. The van der Waals surface area contributed by atoms with E-state index in [9.17, 15) is 19.2 Å². The largest absolute Gasteiger partial charge is 0.269 e. The lowest BCUT2D eigenvalue weighted by molar-refractivity contribution is 0.0534. The van der Waals surface area contributed by atoms with Crippen LogP contribution < -0.4 is 0 Å². The SMILES string of the molecule is C[C@H](c1ccccc1)N1C(=O)c2ccc3c4c(-c5ccsc5)cc5c6c(ccc(c7c(-c8ccsc8)cc(c2c37)C1=O)c64)C(=O)N([C@H](C)c1ccccc1)C5=O. The number of carbonyl (C=O) groups is 4. The standard InChI is InChI=1S/C48H30N2O4S2/c1-25(27-9-5-3-6-10-27)49-45(51)33-15-13-31-40-36(30-18-20-56-24-30)22-38-42-34(46(52)50(48(38)54)26(2)28-11-7-4-8-12-28)16-14-32(44(40)42)39-35(29-17-19-55-23-29)21-37(47(49)53)41(33)43(31)39/h3-26H,1-2H3/t25-,26-/m1/s1. The van der Waals surface area contributed by atoms with Gasteiger partial charge in [0, 0.05) is 33.0 Å². The van der Waals surface area contributed by atoms with E-state index < -0.39 is 12.1 Å². The summed E-state index contributed by atoms with van der Waals surface area (Å²) >= 11 is 3.14. The minimum atomic E-state index is -0.488. The summed E-state index contributed by atoms with van der Waals surface area (Å²) in [6.45, 7) is 3.79. The summed E-state index contributed by atoms with van der Waals surface area (Å²) in [6.07, 6.45) is 0. The van der Waals surface area contributed by atoms with Crippen LogP contribution in [-0.4, -0.2) is 33.4 Å². The molecule has 268 valence electrons. The van der Waals surface area contributed by atoms with Crippen molar-refractivity contribution in [3.63, 3.8) is 0 Å². The van der Waals surface area contributed by atoms with Crippen molar-refractivity contribution < 1.29 is 19.2 Å². The molecule has 11 rings (SSSR count). The van der Waals surface area contributed by atoms with Crippen LogP contribution in [0.3, 0.4) is 0 Å². The molecular weight excluding hydrogens is 733 g/mol. The zero-order chi connectivity index (χ0) is 38.0. The number of thiophene rings is 2. The van der Waals surface area contributed by atoms with Gasteiger partial charge >= 0.3 is 0 Å². The Morgan fingerprint density at radius 1 is 0.411 bits per heavy atom. The Kier molecular flexibility index (Phi) is 7.06. The van der Waals surface area contributed by atoms with E-state index in [0.717, 1.165) is 65.7 Å². The average molecular weight is 763 g/mol. The van der Waals surface area contributed by atoms with Gasteiger partial charge in [-0.3, -0.25) is 29.0 Å². The third-order valence-corrected chi connectivity index (χ3v) is 13.3. The molecule has 0 radical (unpaired) electrons. The first-order valence-corrected chi connectivity index (χ1v) is 20.4. The molecule has 2 aliphatic rings. The van der Waals surface area contributed by atoms with Gasteiger partial charge in [0.1, 0.15) is 0 Å². The second kappa shape index (κ2) is 12.0. The molecule has 4 amide bonds. The van der Waals surface area contributed by atoms with Gasteiger partial charge in [-0.1, -0.05) is 72.8 Å². The summed E-state index contributed by atoms with van der Waals surface area (Å²) in [5.41, 5.74) is 7.26. The van der Waals surface area contributed by atoms with Crippen LogP contribution in [0.15, 0.2) is 131 Å². The molecule has 2 aromatic heterocycles. The molecule has 0 saturated heterocycles. The maximum absolute atomic E-state index is 14.8. The Hall–Kier alpha value is -6.48. The lowest BCUT2D eigenvalue weighted by Crippen LogP contribution is -2.42. The maximum atomic E-state index is 14.8. The third-order valence-electron chi connectivity index (χ3n) is 11.9. The van der Waals surface area contributed by atoms with E-state index in [1.165, 1.54) is 9.80 Å². The number of hydrogen-bond acceptors (Lipinski definition) is 6. The first kappa shape index (κ1) is 32.9. The number of imide groups is 2. The van der Waals surface area contributed by atoms with Gasteiger partial charge in [0.05, 0.1) is 12.1 Å². The van der Waals surface area contributed by atoms with Crippen LogP contribution in [0.1, 0.15) is 78.5 Å². The Labute approximate surface area is 329 Å². The fourth-order valence-electron chi connectivity index (χ4n) is 9.26. The summed E-state index contributed by atoms with van der Waals surface area (Å²) in [4.78, 5) is 61.5. The Morgan fingerprint density at radius 3 is 1.18 bits per heavy atom. The fraction of sp³-hybridized carbons (Fsp3) is 0.0833. The highest BCUT2D eigenvalue weighted by Gasteiger charge is 2.41. The van der Waals surface area contributed by atoms with Crippen LogP contribution in [0.4, 0.5) is 0 Å². The Morgan fingerprint density at radius 2 is 0.804 bits per heavy atom. The normalized spacial score (nSPS) is 15.2. The summed E-state index contributed by atoms with van der Waals surface area (Å²) in [6, 6.07) is 34.0. The first-order valence-electron chi connectivity index (χ1n) is 18.5. The van der Waals surface area contributed by atoms with Crippen molar-refractivity contribution in [3.05, 3.63) is 164 Å². The second-order valence-corrected chi connectivity index (χ2v) is 16.2. The van der Waals surface area contributed by atoms with Gasteiger partial charge in [0.2, 0.25) is 0 Å². The van der Waals surface area contributed by atoms with Crippen LogP contribution in [0.5, 0.6) is 0 Å². The molecule has 0 unspecified atom stereocenters. The molecule has 7 aromatic carbocycles. The summed E-state index contributed by atoms with van der Waals surface area (Å²) in [7, 11) is 0. The zero-order valence-corrected chi connectivity index (χ0v) is 31.8. The van der Waals surface area contributed by atoms with Gasteiger partial charge in [-0.2, -0.15) is 22.7 Å². The summed E-state index contributed by atoms with van der Waals surface area (Å²) in [5, 5.41) is 14.6. The molecule has 0 aliphatic carbocycles. The molecule has 56 heavy (non-hydrogen) atoms. The molecule has 4 heterocycles. The van der Waals surface area contributed by atoms with Crippen molar-refractivity contribution in [2.45, 2.75) is 25.9 Å². The van der Waals surface area contributed by atoms with Crippen LogP contribution >= 0.6 is 22.7 Å². The molecule has 8 heteroatoms. The number of benzene rings is 7. The van der Waals surface area contributed by atoms with E-state index in [4.69, 9.17) is 0 Å². The lowest BCUT2D eigenvalue weighted by atomic mass is 9.78. The Balaban J connectivity index is 1.27. The van der Waals surface area contributed by atoms with Crippen molar-refractivity contribution >= 4 is 89.4 Å². The number of nitrogens with zero attached hydrogens (tertiary/aromatic N) is 2. The van der Waals surface area contributed by atoms with E-state index in [1.807, 2.05) is 122 Å². The molecule has 2 atom stereocenters. The smallest absolute Gasteiger partial charge is 0.261 e. The highest BCUT2D eigenvalue weighted by atomic mass is 32.1. The molecule has 0 N–H and O–H groups in total. The highest BCUT2D eigenvalue weighted by molar-refractivity contribution is 7.08. The van der Waals surface area contributed by atoms with Crippen molar-refractivity contribution in [3.8, 4) is 22.3 Å². The number of rotatable bonds is 6. The van der Waals surface area contributed by atoms with Gasteiger partial charge in [0.15, 0.2) is 0 Å². The molecule has 0 spiro atoms. The zero-order valence-electron chi connectivity index (χ0n) is 30.2. The first-order chi connectivity index (χ1) is 27.3. The van der Waals surface area contributed by atoms with Gasteiger partial charge in [-0.05, 0) is 137 Å². The molecule has 0 bridgehead atoms. The van der Waals surface area contributed by atoms with Crippen LogP contribution in [0, 0.1) is 0 Å². The number of carbonyl (C=O) groups excluding carboxylic acids is 4. The molecule has 6 nitrogen and oxygen atoms in total. The van der Waals surface area contributed by atoms with Crippen LogP contribution in [0.2, 0.25) is 0 Å². The van der Waals surface area contributed by atoms with E-state index in [-0.39, 0.29) is 23.6 Å². The van der Waals surface area contributed by atoms with E-state index in [2.05, 4.69) is 22.9 Å². The fourth-order valence-corrected chi connectivity index (χ4v) is 10.6. The summed E-state index contributed by atoms with van der Waals surface area (Å²) in [5.74, 6) is -1.34. The quantitative estimate of drug-likeness (QED) is 0.0960. The minimum absolute atomic E-state index is 0.336. The van der Waals surface area contributed by atoms with Crippen LogP contribution in [0.25, 0.3) is 65.3 Å². The van der Waals surface area contributed by atoms with Crippen LogP contribution in [-0.2, 0) is 0 Å². The number of hydrogen-bond donors (Lipinski definition) is 0. The Bertz CT molecular complexity index is 2920. The van der Waals surface area contributed by atoms with E-state index in [0.29, 0.717) is 33.0 Å². The van der Waals surface area contributed by atoms with Crippen molar-refractivity contribution in [1.82, 2.24) is 9.80 Å². The van der Waals surface area contributed by atoms with Crippen molar-refractivity contribution in [1.29, 1.82) is 0 Å². The van der Waals surface area contributed by atoms with Crippen molar-refractivity contribution in [2.75, 3.05) is 0 Å². The maximum Gasteiger partial charge on any atom is 0.261 e. The van der Waals surface area contributed by atoms with Gasteiger partial charge < -0.3 is 0 Å². The average Bonchev–Trinajstić information content (AvgIpc) is 3.98. The molecule has 9 aromatic rings. The summed E-state index contributed by atoms with van der Waals surface area (Å²) < 4.78 is 0. The third kappa shape index (κ3) is 4.36.